The first-order valence-electron chi connectivity index (χ1n) is 12.5. The van der Waals surface area contributed by atoms with Crippen LogP contribution in [-0.4, -0.2) is 54.6 Å². The molecule has 1 saturated heterocycles. The third-order valence-corrected chi connectivity index (χ3v) is 6.73. The van der Waals surface area contributed by atoms with Crippen molar-refractivity contribution in [3.63, 3.8) is 0 Å². The van der Waals surface area contributed by atoms with Crippen molar-refractivity contribution >= 4 is 28.8 Å². The molecule has 0 unspecified atom stereocenters. The van der Waals surface area contributed by atoms with E-state index in [4.69, 9.17) is 4.74 Å². The topological polar surface area (TPSA) is 93.5 Å². The number of carbonyl (C=O) groups is 1. The Morgan fingerprint density at radius 3 is 2.66 bits per heavy atom. The highest BCUT2D eigenvalue weighted by Crippen LogP contribution is 2.33. The Kier molecular flexibility index (Phi) is 8.22. The minimum atomic E-state index is -0.282. The zero-order chi connectivity index (χ0) is 24.6. The fraction of sp³-hybridized carbons (Fsp3) is 0.444. The van der Waals surface area contributed by atoms with Gasteiger partial charge in [-0.3, -0.25) is 4.79 Å². The average Bonchev–Trinajstić information content (AvgIpc) is 2.90. The molecule has 1 aliphatic heterocycles. The number of hydrogen-bond donors (Lipinski definition) is 2. The molecule has 2 aliphatic rings. The number of carbonyl (C=O) groups excluding carboxylic acids is 1. The predicted molar refractivity (Wildman–Crippen MR) is 139 cm³/mol. The standard InChI is InChI=1S/C27H34N6O2/c1-3-27(34)31-24-16-21(33-14-12-32(4-2)13-15-33)10-11-23(24)30-26-17-25(20(18-28)19-29-26)35-22-8-6-5-7-9-22/h3,10-11,16-17,19,22H,1,4-9,12-15H2,2H3,(H,29,30)(H,31,34). The third kappa shape index (κ3) is 6.31. The van der Waals surface area contributed by atoms with E-state index in [1.165, 1.54) is 18.7 Å². The van der Waals surface area contributed by atoms with E-state index in [-0.39, 0.29) is 12.0 Å². The molecule has 1 aromatic heterocycles. The zero-order valence-corrected chi connectivity index (χ0v) is 20.4. The van der Waals surface area contributed by atoms with E-state index < -0.39 is 0 Å². The summed E-state index contributed by atoms with van der Waals surface area (Å²) in [6.45, 7) is 10.7. The Morgan fingerprint density at radius 2 is 1.97 bits per heavy atom. The van der Waals surface area contributed by atoms with Gasteiger partial charge in [-0.25, -0.2) is 4.98 Å². The maximum absolute atomic E-state index is 12.2. The van der Waals surface area contributed by atoms with Crippen molar-refractivity contribution in [3.8, 4) is 11.8 Å². The van der Waals surface area contributed by atoms with Crippen molar-refractivity contribution in [1.29, 1.82) is 5.26 Å². The quantitative estimate of drug-likeness (QED) is 0.537. The summed E-state index contributed by atoms with van der Waals surface area (Å²) in [5.41, 5.74) is 2.82. The molecule has 184 valence electrons. The van der Waals surface area contributed by atoms with Crippen LogP contribution in [-0.2, 0) is 4.79 Å². The maximum atomic E-state index is 12.2. The monoisotopic (exact) mass is 474 g/mol. The fourth-order valence-electron chi connectivity index (χ4n) is 4.63. The first kappa shape index (κ1) is 24.6. The number of pyridine rings is 1. The molecular weight excluding hydrogens is 440 g/mol. The molecule has 1 aliphatic carbocycles. The number of nitrogens with zero attached hydrogens (tertiary/aromatic N) is 4. The number of likely N-dealkylation sites (N-methyl/N-ethyl adjacent to an activating group) is 1. The number of anilines is 4. The van der Waals surface area contributed by atoms with Crippen LogP contribution in [0.3, 0.4) is 0 Å². The smallest absolute Gasteiger partial charge is 0.247 e. The highest BCUT2D eigenvalue weighted by atomic mass is 16.5. The van der Waals surface area contributed by atoms with Crippen LogP contribution in [0.15, 0.2) is 43.1 Å². The molecule has 0 radical (unpaired) electrons. The van der Waals surface area contributed by atoms with Gasteiger partial charge in [0.2, 0.25) is 5.91 Å². The van der Waals surface area contributed by atoms with Gasteiger partial charge in [0.05, 0.1) is 23.7 Å². The zero-order valence-electron chi connectivity index (χ0n) is 20.4. The number of amides is 1. The SMILES string of the molecule is C=CC(=O)Nc1cc(N2CCN(CC)CC2)ccc1Nc1cc(OC2CCCCC2)c(C#N)cn1. The van der Waals surface area contributed by atoms with Crippen LogP contribution in [0.4, 0.5) is 22.9 Å². The lowest BCUT2D eigenvalue weighted by Gasteiger charge is -2.35. The summed E-state index contributed by atoms with van der Waals surface area (Å²) in [7, 11) is 0. The summed E-state index contributed by atoms with van der Waals surface area (Å²) in [6.07, 6.45) is 8.45. The second-order valence-electron chi connectivity index (χ2n) is 9.02. The largest absolute Gasteiger partial charge is 0.489 e. The molecule has 1 aromatic carbocycles. The number of rotatable bonds is 8. The molecule has 35 heavy (non-hydrogen) atoms. The van der Waals surface area contributed by atoms with Crippen molar-refractivity contribution in [1.82, 2.24) is 9.88 Å². The van der Waals surface area contributed by atoms with E-state index in [0.717, 1.165) is 64.1 Å². The van der Waals surface area contributed by atoms with Crippen LogP contribution >= 0.6 is 0 Å². The molecule has 2 aromatic rings. The van der Waals surface area contributed by atoms with Crippen molar-refractivity contribution in [2.24, 2.45) is 0 Å². The van der Waals surface area contributed by atoms with Crippen molar-refractivity contribution in [3.05, 3.63) is 48.7 Å². The average molecular weight is 475 g/mol. The number of nitrogens with one attached hydrogen (secondary N) is 2. The van der Waals surface area contributed by atoms with Crippen molar-refractivity contribution < 1.29 is 9.53 Å². The van der Waals surface area contributed by atoms with Crippen molar-refractivity contribution in [2.75, 3.05) is 48.3 Å². The number of piperazine rings is 1. The number of benzene rings is 1. The van der Waals surface area contributed by atoms with Gasteiger partial charge in [0, 0.05) is 37.9 Å². The van der Waals surface area contributed by atoms with Gasteiger partial charge in [0.1, 0.15) is 23.2 Å². The lowest BCUT2D eigenvalue weighted by molar-refractivity contribution is -0.111. The molecule has 2 heterocycles. The Bertz CT molecular complexity index is 1080. The molecule has 4 rings (SSSR count). The van der Waals surface area contributed by atoms with E-state index in [2.05, 4.69) is 51.1 Å². The number of hydrogen-bond acceptors (Lipinski definition) is 7. The molecule has 8 heteroatoms. The molecule has 0 bridgehead atoms. The normalized spacial score (nSPS) is 16.9. The number of nitriles is 1. The lowest BCUT2D eigenvalue weighted by Crippen LogP contribution is -2.46. The van der Waals surface area contributed by atoms with E-state index in [0.29, 0.717) is 28.5 Å². The molecule has 2 N–H and O–H groups in total. The molecule has 0 atom stereocenters. The van der Waals surface area contributed by atoms with Gasteiger partial charge in [0.15, 0.2) is 0 Å². The van der Waals surface area contributed by atoms with Crippen LogP contribution in [0.2, 0.25) is 0 Å². The van der Waals surface area contributed by atoms with E-state index in [1.54, 1.807) is 6.07 Å². The summed E-state index contributed by atoms with van der Waals surface area (Å²) >= 11 is 0. The van der Waals surface area contributed by atoms with Gasteiger partial charge < -0.3 is 25.2 Å². The minimum absolute atomic E-state index is 0.126. The highest BCUT2D eigenvalue weighted by Gasteiger charge is 2.19. The summed E-state index contributed by atoms with van der Waals surface area (Å²) in [5.74, 6) is 0.808. The van der Waals surface area contributed by atoms with E-state index >= 15 is 0 Å². The lowest BCUT2D eigenvalue weighted by atomic mass is 9.98. The van der Waals surface area contributed by atoms with Gasteiger partial charge in [-0.1, -0.05) is 19.9 Å². The maximum Gasteiger partial charge on any atom is 0.247 e. The van der Waals surface area contributed by atoms with Gasteiger partial charge >= 0.3 is 0 Å². The van der Waals surface area contributed by atoms with Crippen molar-refractivity contribution in [2.45, 2.75) is 45.1 Å². The van der Waals surface area contributed by atoms with Crippen LogP contribution in [0.1, 0.15) is 44.6 Å². The molecule has 1 saturated carbocycles. The summed E-state index contributed by atoms with van der Waals surface area (Å²) in [4.78, 5) is 21.3. The van der Waals surface area contributed by atoms with E-state index in [9.17, 15) is 10.1 Å². The number of ether oxygens (including phenoxy) is 1. The van der Waals surface area contributed by atoms with Gasteiger partial charge in [-0.15, -0.1) is 0 Å². The minimum Gasteiger partial charge on any atom is -0.489 e. The van der Waals surface area contributed by atoms with Crippen LogP contribution in [0, 0.1) is 11.3 Å². The highest BCUT2D eigenvalue weighted by molar-refractivity contribution is 6.02. The Balaban J connectivity index is 1.56. The first-order chi connectivity index (χ1) is 17.1. The van der Waals surface area contributed by atoms with E-state index in [1.807, 2.05) is 12.1 Å². The second-order valence-corrected chi connectivity index (χ2v) is 9.02. The Hall–Kier alpha value is -3.57. The Morgan fingerprint density at radius 1 is 1.20 bits per heavy atom. The first-order valence-corrected chi connectivity index (χ1v) is 12.5. The van der Waals surface area contributed by atoms with Crippen LogP contribution in [0.5, 0.6) is 5.75 Å². The molecule has 8 nitrogen and oxygen atoms in total. The predicted octanol–water partition coefficient (Wildman–Crippen LogP) is 4.67. The fourth-order valence-corrected chi connectivity index (χ4v) is 4.63. The van der Waals surface area contributed by atoms with Gasteiger partial charge in [-0.05, 0) is 56.5 Å². The summed E-state index contributed by atoms with van der Waals surface area (Å²) in [5, 5.41) is 15.7. The molecule has 2 fully saturated rings. The Labute approximate surface area is 207 Å². The molecule has 1 amide bonds. The van der Waals surface area contributed by atoms with Crippen LogP contribution in [0.25, 0.3) is 0 Å². The molecular formula is C27H34N6O2. The van der Waals surface area contributed by atoms with Gasteiger partial charge in [-0.2, -0.15) is 5.26 Å². The van der Waals surface area contributed by atoms with Crippen LogP contribution < -0.4 is 20.3 Å². The third-order valence-electron chi connectivity index (χ3n) is 6.73. The molecule has 0 spiro atoms. The number of aromatic nitrogens is 1. The summed E-state index contributed by atoms with van der Waals surface area (Å²) in [6, 6.07) is 9.93. The summed E-state index contributed by atoms with van der Waals surface area (Å²) < 4.78 is 6.19. The second kappa shape index (κ2) is 11.7. The van der Waals surface area contributed by atoms with Gasteiger partial charge in [0.25, 0.3) is 0 Å².